The van der Waals surface area contributed by atoms with Gasteiger partial charge in [0.1, 0.15) is 0 Å². The molecule has 1 unspecified atom stereocenters. The summed E-state index contributed by atoms with van der Waals surface area (Å²) in [6.07, 6.45) is 5.23. The zero-order valence-electron chi connectivity index (χ0n) is 8.81. The molecule has 15 heavy (non-hydrogen) atoms. The van der Waals surface area contributed by atoms with Crippen LogP contribution in [0.3, 0.4) is 0 Å². The van der Waals surface area contributed by atoms with E-state index < -0.39 is 5.97 Å². The van der Waals surface area contributed by atoms with Crippen molar-refractivity contribution in [1.29, 1.82) is 0 Å². The monoisotopic (exact) mass is 208 g/mol. The first kappa shape index (κ1) is 11.7. The van der Waals surface area contributed by atoms with Gasteiger partial charge in [0.15, 0.2) is 0 Å². The van der Waals surface area contributed by atoms with E-state index in [1.165, 1.54) is 0 Å². The fourth-order valence-electron chi connectivity index (χ4n) is 1.53. The van der Waals surface area contributed by atoms with E-state index in [0.717, 1.165) is 12.0 Å². The summed E-state index contributed by atoms with van der Waals surface area (Å²) in [6.45, 7) is 0. The molecule has 0 amide bonds. The van der Waals surface area contributed by atoms with Crippen molar-refractivity contribution in [2.45, 2.75) is 25.3 Å². The second-order valence-corrected chi connectivity index (χ2v) is 3.41. The topological polar surface area (TPSA) is 62.2 Å². The molecule has 0 radical (unpaired) electrons. The minimum absolute atomic E-state index is 0.215. The second-order valence-electron chi connectivity index (χ2n) is 3.41. The van der Waals surface area contributed by atoms with E-state index in [1.807, 2.05) is 19.2 Å². The number of aromatic nitrogens is 1. The molecular weight excluding hydrogens is 192 g/mol. The lowest BCUT2D eigenvalue weighted by molar-refractivity contribution is -0.137. The van der Waals surface area contributed by atoms with Crippen molar-refractivity contribution in [1.82, 2.24) is 10.3 Å². The Kier molecular flexibility index (Phi) is 4.77. The SMILES string of the molecule is CNC(CCCC(=O)O)c1ccncc1. The number of rotatable bonds is 6. The zero-order valence-corrected chi connectivity index (χ0v) is 8.81. The van der Waals surface area contributed by atoms with E-state index >= 15 is 0 Å². The Bertz CT molecular complexity index is 301. The number of carboxylic acids is 1. The van der Waals surface area contributed by atoms with Crippen molar-refractivity contribution in [3.63, 3.8) is 0 Å². The third kappa shape index (κ3) is 4.08. The summed E-state index contributed by atoms with van der Waals surface area (Å²) in [5.74, 6) is -0.736. The molecule has 0 aliphatic rings. The minimum Gasteiger partial charge on any atom is -0.481 e. The number of hydrogen-bond acceptors (Lipinski definition) is 3. The molecular formula is C11H16N2O2. The van der Waals surface area contributed by atoms with Crippen LogP contribution in [0, 0.1) is 0 Å². The standard InChI is InChI=1S/C11H16N2O2/c1-12-10(3-2-4-11(14)15)9-5-7-13-8-6-9/h5-8,10,12H,2-4H2,1H3,(H,14,15). The van der Waals surface area contributed by atoms with Gasteiger partial charge in [-0.3, -0.25) is 9.78 Å². The van der Waals surface area contributed by atoms with Gasteiger partial charge in [0.25, 0.3) is 0 Å². The lowest BCUT2D eigenvalue weighted by Gasteiger charge is -2.15. The van der Waals surface area contributed by atoms with Crippen molar-refractivity contribution >= 4 is 5.97 Å². The predicted molar refractivity (Wildman–Crippen MR) is 57.5 cm³/mol. The highest BCUT2D eigenvalue weighted by molar-refractivity contribution is 5.66. The second kappa shape index (κ2) is 6.14. The van der Waals surface area contributed by atoms with Gasteiger partial charge in [0.2, 0.25) is 0 Å². The van der Waals surface area contributed by atoms with E-state index in [2.05, 4.69) is 10.3 Å². The van der Waals surface area contributed by atoms with Gasteiger partial charge < -0.3 is 10.4 Å². The Morgan fingerprint density at radius 2 is 2.20 bits per heavy atom. The fraction of sp³-hybridized carbons (Fsp3) is 0.455. The summed E-state index contributed by atoms with van der Waals surface area (Å²) >= 11 is 0. The number of nitrogens with zero attached hydrogens (tertiary/aromatic N) is 1. The molecule has 0 bridgehead atoms. The lowest BCUT2D eigenvalue weighted by atomic mass is 10.0. The Hall–Kier alpha value is -1.42. The number of aliphatic carboxylic acids is 1. The summed E-state index contributed by atoms with van der Waals surface area (Å²) < 4.78 is 0. The Morgan fingerprint density at radius 1 is 1.53 bits per heavy atom. The molecule has 0 fully saturated rings. The van der Waals surface area contributed by atoms with Crippen LogP contribution >= 0.6 is 0 Å². The van der Waals surface area contributed by atoms with E-state index in [0.29, 0.717) is 6.42 Å². The van der Waals surface area contributed by atoms with Crippen LogP contribution in [-0.2, 0) is 4.79 Å². The van der Waals surface area contributed by atoms with Crippen LogP contribution in [0.25, 0.3) is 0 Å². The van der Waals surface area contributed by atoms with Crippen LogP contribution in [0.1, 0.15) is 30.9 Å². The van der Waals surface area contributed by atoms with Crippen LogP contribution in [0.2, 0.25) is 0 Å². The van der Waals surface area contributed by atoms with Crippen LogP contribution in [0.15, 0.2) is 24.5 Å². The van der Waals surface area contributed by atoms with Gasteiger partial charge >= 0.3 is 5.97 Å². The first-order valence-electron chi connectivity index (χ1n) is 5.03. The smallest absolute Gasteiger partial charge is 0.303 e. The van der Waals surface area contributed by atoms with Crippen molar-refractivity contribution in [2.75, 3.05) is 7.05 Å². The van der Waals surface area contributed by atoms with Crippen LogP contribution in [0.5, 0.6) is 0 Å². The van der Waals surface area contributed by atoms with Crippen molar-refractivity contribution in [3.05, 3.63) is 30.1 Å². The summed E-state index contributed by atoms with van der Waals surface area (Å²) in [4.78, 5) is 14.3. The van der Waals surface area contributed by atoms with Crippen molar-refractivity contribution in [3.8, 4) is 0 Å². The third-order valence-corrected chi connectivity index (χ3v) is 2.34. The van der Waals surface area contributed by atoms with Crippen LogP contribution < -0.4 is 5.32 Å². The molecule has 1 heterocycles. The lowest BCUT2D eigenvalue weighted by Crippen LogP contribution is -2.16. The van der Waals surface area contributed by atoms with E-state index in [9.17, 15) is 4.79 Å². The number of pyridine rings is 1. The van der Waals surface area contributed by atoms with E-state index in [-0.39, 0.29) is 12.5 Å². The van der Waals surface area contributed by atoms with Crippen molar-refractivity contribution in [2.24, 2.45) is 0 Å². The highest BCUT2D eigenvalue weighted by Crippen LogP contribution is 2.17. The average Bonchev–Trinajstić information content (AvgIpc) is 2.25. The minimum atomic E-state index is -0.736. The first-order valence-corrected chi connectivity index (χ1v) is 5.03. The van der Waals surface area contributed by atoms with Crippen molar-refractivity contribution < 1.29 is 9.90 Å². The Labute approximate surface area is 89.3 Å². The molecule has 2 N–H and O–H groups in total. The molecule has 0 saturated heterocycles. The maximum Gasteiger partial charge on any atom is 0.303 e. The third-order valence-electron chi connectivity index (χ3n) is 2.34. The van der Waals surface area contributed by atoms with Gasteiger partial charge in [0.05, 0.1) is 0 Å². The van der Waals surface area contributed by atoms with Gasteiger partial charge in [-0.05, 0) is 37.6 Å². The quantitative estimate of drug-likeness (QED) is 0.745. The molecule has 0 aliphatic carbocycles. The molecule has 4 nitrogen and oxygen atoms in total. The van der Waals surface area contributed by atoms with Crippen LogP contribution in [-0.4, -0.2) is 23.1 Å². The predicted octanol–water partition coefficient (Wildman–Crippen LogP) is 1.60. The number of hydrogen-bond donors (Lipinski definition) is 2. The maximum atomic E-state index is 10.4. The number of carbonyl (C=O) groups is 1. The summed E-state index contributed by atoms with van der Waals surface area (Å²) in [5.41, 5.74) is 1.15. The first-order chi connectivity index (χ1) is 7.24. The highest BCUT2D eigenvalue weighted by atomic mass is 16.4. The molecule has 0 aromatic carbocycles. The molecule has 1 aromatic rings. The number of carboxylic acid groups (broad SMARTS) is 1. The van der Waals surface area contributed by atoms with Gasteiger partial charge in [0, 0.05) is 24.9 Å². The fourth-order valence-corrected chi connectivity index (χ4v) is 1.53. The van der Waals surface area contributed by atoms with Gasteiger partial charge in [-0.1, -0.05) is 0 Å². The van der Waals surface area contributed by atoms with E-state index in [1.54, 1.807) is 12.4 Å². The zero-order chi connectivity index (χ0) is 11.1. The van der Waals surface area contributed by atoms with Gasteiger partial charge in [-0.25, -0.2) is 0 Å². The molecule has 82 valence electrons. The normalized spacial score (nSPS) is 12.3. The van der Waals surface area contributed by atoms with E-state index in [4.69, 9.17) is 5.11 Å². The maximum absolute atomic E-state index is 10.4. The molecule has 1 aromatic heterocycles. The summed E-state index contributed by atoms with van der Waals surface area (Å²) in [6, 6.07) is 4.11. The largest absolute Gasteiger partial charge is 0.481 e. The summed E-state index contributed by atoms with van der Waals surface area (Å²) in [7, 11) is 1.88. The van der Waals surface area contributed by atoms with Crippen LogP contribution in [0.4, 0.5) is 0 Å². The Balaban J connectivity index is 2.46. The molecule has 1 rings (SSSR count). The van der Waals surface area contributed by atoms with Gasteiger partial charge in [-0.15, -0.1) is 0 Å². The summed E-state index contributed by atoms with van der Waals surface area (Å²) in [5, 5.41) is 11.7. The van der Waals surface area contributed by atoms with Gasteiger partial charge in [-0.2, -0.15) is 0 Å². The highest BCUT2D eigenvalue weighted by Gasteiger charge is 2.09. The molecule has 0 saturated carbocycles. The molecule has 0 spiro atoms. The average molecular weight is 208 g/mol. The molecule has 1 atom stereocenters. The Morgan fingerprint density at radius 3 is 2.73 bits per heavy atom. The number of nitrogens with one attached hydrogen (secondary N) is 1. The molecule has 0 aliphatic heterocycles. The molecule has 4 heteroatoms.